The molecule has 0 fully saturated rings. The third-order valence-electron chi connectivity index (χ3n) is 6.32. The minimum absolute atomic E-state index is 0.0660. The van der Waals surface area contributed by atoms with Gasteiger partial charge in [0.2, 0.25) is 0 Å². The van der Waals surface area contributed by atoms with Crippen molar-refractivity contribution in [3.63, 3.8) is 0 Å². The number of thioether (sulfide) groups is 1. The lowest BCUT2D eigenvalue weighted by atomic mass is 9.89. The first-order valence-electron chi connectivity index (χ1n) is 10.7. The molecule has 152 valence electrons. The lowest BCUT2D eigenvalue weighted by Crippen LogP contribution is -2.18. The van der Waals surface area contributed by atoms with Crippen LogP contribution in [-0.4, -0.2) is 19.0 Å². The Labute approximate surface area is 181 Å². The lowest BCUT2D eigenvalue weighted by molar-refractivity contribution is 0.164. The van der Waals surface area contributed by atoms with Crippen LogP contribution in [0.15, 0.2) is 65.6 Å². The average molecular weight is 417 g/mol. The van der Waals surface area contributed by atoms with Gasteiger partial charge in [-0.25, -0.2) is 0 Å². The van der Waals surface area contributed by atoms with E-state index in [0.29, 0.717) is 19.1 Å². The third-order valence-corrected chi connectivity index (χ3v) is 7.60. The van der Waals surface area contributed by atoms with Crippen molar-refractivity contribution in [1.29, 1.82) is 0 Å². The van der Waals surface area contributed by atoms with Crippen LogP contribution in [0.3, 0.4) is 0 Å². The molecule has 3 aromatic carbocycles. The summed E-state index contributed by atoms with van der Waals surface area (Å²) in [4.78, 5) is 1.44. The monoisotopic (exact) mass is 416 g/mol. The molecule has 0 N–H and O–H groups in total. The summed E-state index contributed by atoms with van der Waals surface area (Å²) in [6, 6.07) is 21.8. The summed E-state index contributed by atoms with van der Waals surface area (Å²) in [7, 11) is 0. The maximum Gasteiger partial charge on any atom is 0.161 e. The van der Waals surface area contributed by atoms with Gasteiger partial charge in [-0.3, -0.25) is 0 Å². The summed E-state index contributed by atoms with van der Waals surface area (Å²) in [5.74, 6) is 4.41. The van der Waals surface area contributed by atoms with E-state index in [0.717, 1.165) is 47.8 Å². The number of hydrogen-bond acceptors (Lipinski definition) is 4. The Morgan fingerprint density at radius 1 is 0.767 bits per heavy atom. The van der Waals surface area contributed by atoms with Crippen molar-refractivity contribution < 1.29 is 14.2 Å². The lowest BCUT2D eigenvalue weighted by Gasteiger charge is -2.29. The molecule has 0 bridgehead atoms. The van der Waals surface area contributed by atoms with Crippen molar-refractivity contribution in [2.24, 2.45) is 0 Å². The van der Waals surface area contributed by atoms with Crippen LogP contribution in [0.5, 0.6) is 17.2 Å². The van der Waals surface area contributed by atoms with Crippen molar-refractivity contribution >= 4 is 11.8 Å². The first-order valence-corrected chi connectivity index (χ1v) is 11.7. The largest absolute Gasteiger partial charge is 0.486 e. The molecule has 6 rings (SSSR count). The molecule has 3 aromatic rings. The molecule has 3 aliphatic rings. The zero-order valence-corrected chi connectivity index (χ0v) is 17.6. The van der Waals surface area contributed by atoms with E-state index in [1.54, 1.807) is 0 Å². The molecular formula is C26H24O3S. The highest BCUT2D eigenvalue weighted by Gasteiger charge is 2.26. The van der Waals surface area contributed by atoms with Gasteiger partial charge in [0.05, 0.1) is 0 Å². The maximum atomic E-state index is 6.41. The highest BCUT2D eigenvalue weighted by atomic mass is 32.2. The van der Waals surface area contributed by atoms with Gasteiger partial charge in [0, 0.05) is 10.6 Å². The minimum Gasteiger partial charge on any atom is -0.486 e. The van der Waals surface area contributed by atoms with Gasteiger partial charge in [0.1, 0.15) is 25.1 Å². The Balaban J connectivity index is 1.21. The average Bonchev–Trinajstić information content (AvgIpc) is 2.83. The molecule has 0 spiro atoms. The van der Waals surface area contributed by atoms with Gasteiger partial charge in [0.25, 0.3) is 0 Å². The maximum absolute atomic E-state index is 6.41. The SMILES string of the molecule is c1ccc2c(c1)CC(c1ccc3c(c1)CCC(c1ccc4c(c1)OCCO4)O3)CS2. The fourth-order valence-corrected chi connectivity index (χ4v) is 5.90. The van der Waals surface area contributed by atoms with Gasteiger partial charge >= 0.3 is 0 Å². The van der Waals surface area contributed by atoms with Crippen molar-refractivity contribution in [3.05, 3.63) is 82.9 Å². The van der Waals surface area contributed by atoms with Gasteiger partial charge in [-0.2, -0.15) is 0 Å². The molecule has 4 heteroatoms. The van der Waals surface area contributed by atoms with Crippen LogP contribution in [0.25, 0.3) is 0 Å². The van der Waals surface area contributed by atoms with Crippen molar-refractivity contribution in [3.8, 4) is 17.2 Å². The Morgan fingerprint density at radius 3 is 2.57 bits per heavy atom. The summed E-state index contributed by atoms with van der Waals surface area (Å²) < 4.78 is 17.8. The molecule has 30 heavy (non-hydrogen) atoms. The molecule has 0 aromatic heterocycles. The Bertz CT molecular complexity index is 1090. The van der Waals surface area contributed by atoms with Crippen LogP contribution in [-0.2, 0) is 12.8 Å². The van der Waals surface area contributed by atoms with E-state index in [2.05, 4.69) is 54.6 Å². The van der Waals surface area contributed by atoms with Crippen LogP contribution in [0.2, 0.25) is 0 Å². The molecule has 0 radical (unpaired) electrons. The third kappa shape index (κ3) is 3.33. The van der Waals surface area contributed by atoms with E-state index in [1.165, 1.54) is 21.6 Å². The first-order chi connectivity index (χ1) is 14.8. The summed E-state index contributed by atoms with van der Waals surface area (Å²) in [6.45, 7) is 1.23. The van der Waals surface area contributed by atoms with E-state index >= 15 is 0 Å². The molecular weight excluding hydrogens is 392 g/mol. The zero-order valence-electron chi connectivity index (χ0n) is 16.8. The Morgan fingerprint density at radius 2 is 1.60 bits per heavy atom. The van der Waals surface area contributed by atoms with E-state index in [1.807, 2.05) is 17.8 Å². The fraction of sp³-hybridized carbons (Fsp3) is 0.308. The van der Waals surface area contributed by atoms with Crippen LogP contribution >= 0.6 is 11.8 Å². The number of rotatable bonds is 2. The summed E-state index contributed by atoms with van der Waals surface area (Å²) in [5.41, 5.74) is 5.42. The fourth-order valence-electron chi connectivity index (χ4n) is 4.70. The normalized spacial score (nSPS) is 21.9. The minimum atomic E-state index is 0.0660. The van der Waals surface area contributed by atoms with Crippen LogP contribution in [0, 0.1) is 0 Å². The summed E-state index contributed by atoms with van der Waals surface area (Å²) in [6.07, 6.45) is 3.22. The Kier molecular flexibility index (Phi) is 4.60. The highest BCUT2D eigenvalue weighted by Crippen LogP contribution is 2.42. The van der Waals surface area contributed by atoms with Gasteiger partial charge in [-0.1, -0.05) is 36.4 Å². The molecule has 3 nitrogen and oxygen atoms in total. The highest BCUT2D eigenvalue weighted by molar-refractivity contribution is 7.99. The zero-order chi connectivity index (χ0) is 19.9. The van der Waals surface area contributed by atoms with E-state index < -0.39 is 0 Å². The second-order valence-electron chi connectivity index (χ2n) is 8.24. The number of ether oxygens (including phenoxy) is 3. The predicted octanol–water partition coefficient (Wildman–Crippen LogP) is 5.96. The number of aryl methyl sites for hydroxylation is 1. The van der Waals surface area contributed by atoms with E-state index in [-0.39, 0.29) is 6.10 Å². The van der Waals surface area contributed by atoms with Crippen LogP contribution in [0.4, 0.5) is 0 Å². The first kappa shape index (κ1) is 18.2. The van der Waals surface area contributed by atoms with Gasteiger partial charge in [-0.05, 0) is 71.7 Å². The molecule has 3 heterocycles. The molecule has 2 atom stereocenters. The molecule has 0 saturated carbocycles. The molecule has 3 aliphatic heterocycles. The summed E-state index contributed by atoms with van der Waals surface area (Å²) >= 11 is 1.98. The number of benzene rings is 3. The van der Waals surface area contributed by atoms with Crippen LogP contribution in [0.1, 0.15) is 40.7 Å². The van der Waals surface area contributed by atoms with Crippen molar-refractivity contribution in [1.82, 2.24) is 0 Å². The molecule has 0 aliphatic carbocycles. The number of fused-ring (bicyclic) bond motifs is 3. The van der Waals surface area contributed by atoms with E-state index in [9.17, 15) is 0 Å². The second kappa shape index (κ2) is 7.59. The van der Waals surface area contributed by atoms with Gasteiger partial charge in [-0.15, -0.1) is 11.8 Å². The van der Waals surface area contributed by atoms with E-state index in [4.69, 9.17) is 14.2 Å². The quantitative estimate of drug-likeness (QED) is 0.515. The van der Waals surface area contributed by atoms with Crippen molar-refractivity contribution in [2.75, 3.05) is 19.0 Å². The van der Waals surface area contributed by atoms with Gasteiger partial charge in [0.15, 0.2) is 11.5 Å². The van der Waals surface area contributed by atoms with Crippen LogP contribution < -0.4 is 14.2 Å². The van der Waals surface area contributed by atoms with Crippen molar-refractivity contribution in [2.45, 2.75) is 36.2 Å². The smallest absolute Gasteiger partial charge is 0.161 e. The number of hydrogen-bond donors (Lipinski definition) is 0. The molecule has 0 amide bonds. The predicted molar refractivity (Wildman–Crippen MR) is 119 cm³/mol. The molecule has 2 unspecified atom stereocenters. The molecule has 0 saturated heterocycles. The Hall–Kier alpha value is -2.59. The van der Waals surface area contributed by atoms with Gasteiger partial charge < -0.3 is 14.2 Å². The summed E-state index contributed by atoms with van der Waals surface area (Å²) in [5, 5.41) is 0. The topological polar surface area (TPSA) is 27.7 Å². The standard InChI is InChI=1S/C26H24O3S/c1-2-4-26-20(3-1)14-21(16-30-26)17-5-8-22-18(13-17)6-9-23(29-22)19-7-10-24-25(15-19)28-12-11-27-24/h1-5,7-8,10,13,15,21,23H,6,9,11-12,14,16H2. The second-order valence-corrected chi connectivity index (χ2v) is 9.30.